The molecule has 0 unspecified atom stereocenters. The molecule has 2 aliphatic carbocycles. The highest BCUT2D eigenvalue weighted by atomic mass is 16.2. The van der Waals surface area contributed by atoms with Crippen molar-refractivity contribution >= 4 is 5.91 Å². The zero-order chi connectivity index (χ0) is 12.1. The third kappa shape index (κ3) is 3.44. The topological polar surface area (TPSA) is 41.1 Å². The zero-order valence-electron chi connectivity index (χ0n) is 11.1. The highest BCUT2D eigenvalue weighted by molar-refractivity contribution is 5.82. The van der Waals surface area contributed by atoms with Crippen LogP contribution in [0.1, 0.15) is 58.3 Å². The lowest BCUT2D eigenvalue weighted by Crippen LogP contribution is -2.39. The van der Waals surface area contributed by atoms with Crippen molar-refractivity contribution in [2.75, 3.05) is 13.1 Å². The van der Waals surface area contributed by atoms with Crippen LogP contribution in [0.4, 0.5) is 0 Å². The van der Waals surface area contributed by atoms with E-state index in [2.05, 4.69) is 17.6 Å². The highest BCUT2D eigenvalue weighted by Crippen LogP contribution is 2.40. The highest BCUT2D eigenvalue weighted by Gasteiger charge is 2.38. The monoisotopic (exact) mass is 238 g/mol. The molecule has 0 aliphatic heterocycles. The van der Waals surface area contributed by atoms with Gasteiger partial charge in [0.15, 0.2) is 0 Å². The van der Waals surface area contributed by atoms with Gasteiger partial charge in [-0.1, -0.05) is 19.8 Å². The molecule has 0 radical (unpaired) electrons. The lowest BCUT2D eigenvalue weighted by molar-refractivity contribution is -0.131. The maximum atomic E-state index is 12.2. The summed E-state index contributed by atoms with van der Waals surface area (Å²) in [7, 11) is 0. The molecule has 0 heterocycles. The lowest BCUT2D eigenvalue weighted by Gasteiger charge is -2.26. The Bertz CT molecular complexity index is 255. The first-order valence-corrected chi connectivity index (χ1v) is 7.28. The molecule has 2 saturated carbocycles. The van der Waals surface area contributed by atoms with E-state index in [-0.39, 0.29) is 5.41 Å². The van der Waals surface area contributed by atoms with E-state index in [0.29, 0.717) is 5.91 Å². The molecule has 0 atom stereocenters. The Balaban J connectivity index is 1.61. The molecule has 3 heteroatoms. The fraction of sp³-hybridized carbons (Fsp3) is 0.929. The standard InChI is InChI=1S/C14H26N2O/c1-2-14(8-3-4-9-14)13(17)16-11-5-10-15-12-6-7-12/h12,15H,2-11H2,1H3,(H,16,17). The Morgan fingerprint density at radius 3 is 2.53 bits per heavy atom. The fourth-order valence-electron chi connectivity index (χ4n) is 2.86. The van der Waals surface area contributed by atoms with E-state index < -0.39 is 0 Å². The van der Waals surface area contributed by atoms with Crippen molar-refractivity contribution in [1.82, 2.24) is 10.6 Å². The number of carbonyl (C=O) groups is 1. The Hall–Kier alpha value is -0.570. The summed E-state index contributed by atoms with van der Waals surface area (Å²) in [5.74, 6) is 0.309. The van der Waals surface area contributed by atoms with Crippen LogP contribution in [0.25, 0.3) is 0 Å². The van der Waals surface area contributed by atoms with Crippen molar-refractivity contribution < 1.29 is 4.79 Å². The molecule has 2 aliphatic rings. The third-order valence-corrected chi connectivity index (χ3v) is 4.37. The molecule has 2 N–H and O–H groups in total. The Labute approximate surface area is 105 Å². The van der Waals surface area contributed by atoms with Crippen LogP contribution in [0.15, 0.2) is 0 Å². The molecule has 3 nitrogen and oxygen atoms in total. The molecule has 0 aromatic carbocycles. The summed E-state index contributed by atoms with van der Waals surface area (Å²) in [5, 5.41) is 6.60. The number of hydrogen-bond donors (Lipinski definition) is 2. The average molecular weight is 238 g/mol. The van der Waals surface area contributed by atoms with Crippen LogP contribution in [0.3, 0.4) is 0 Å². The molecular formula is C14H26N2O. The van der Waals surface area contributed by atoms with Gasteiger partial charge in [-0.15, -0.1) is 0 Å². The van der Waals surface area contributed by atoms with Crippen LogP contribution in [0.5, 0.6) is 0 Å². The number of rotatable bonds is 7. The SMILES string of the molecule is CCC1(C(=O)NCCCNC2CC2)CCCC1. The molecule has 2 rings (SSSR count). The normalized spacial score (nSPS) is 22.6. The Morgan fingerprint density at radius 1 is 1.24 bits per heavy atom. The van der Waals surface area contributed by atoms with Gasteiger partial charge in [-0.05, 0) is 45.1 Å². The van der Waals surface area contributed by atoms with Crippen molar-refractivity contribution in [3.8, 4) is 0 Å². The molecule has 2 fully saturated rings. The van der Waals surface area contributed by atoms with Crippen molar-refractivity contribution in [1.29, 1.82) is 0 Å². The van der Waals surface area contributed by atoms with Crippen molar-refractivity contribution in [3.05, 3.63) is 0 Å². The van der Waals surface area contributed by atoms with Gasteiger partial charge >= 0.3 is 0 Å². The van der Waals surface area contributed by atoms with Crippen molar-refractivity contribution in [2.24, 2.45) is 5.41 Å². The van der Waals surface area contributed by atoms with Gasteiger partial charge in [0.1, 0.15) is 0 Å². The van der Waals surface area contributed by atoms with Gasteiger partial charge in [0.25, 0.3) is 0 Å². The van der Waals surface area contributed by atoms with Gasteiger partial charge in [-0.2, -0.15) is 0 Å². The van der Waals surface area contributed by atoms with E-state index >= 15 is 0 Å². The van der Waals surface area contributed by atoms with Crippen molar-refractivity contribution in [3.63, 3.8) is 0 Å². The maximum absolute atomic E-state index is 12.2. The van der Waals surface area contributed by atoms with Crippen LogP contribution < -0.4 is 10.6 Å². The Morgan fingerprint density at radius 2 is 1.94 bits per heavy atom. The second kappa shape index (κ2) is 5.85. The van der Waals surface area contributed by atoms with Crippen LogP contribution in [-0.4, -0.2) is 25.0 Å². The first-order valence-electron chi connectivity index (χ1n) is 7.28. The van der Waals surface area contributed by atoms with Crippen LogP contribution >= 0.6 is 0 Å². The maximum Gasteiger partial charge on any atom is 0.226 e. The number of carbonyl (C=O) groups excluding carboxylic acids is 1. The molecule has 0 saturated heterocycles. The van der Waals surface area contributed by atoms with E-state index in [1.807, 2.05) is 0 Å². The van der Waals surface area contributed by atoms with E-state index in [1.54, 1.807) is 0 Å². The van der Waals surface area contributed by atoms with Gasteiger partial charge in [0.2, 0.25) is 5.91 Å². The minimum absolute atomic E-state index is 0.0239. The third-order valence-electron chi connectivity index (χ3n) is 4.37. The molecule has 0 aromatic heterocycles. The predicted molar refractivity (Wildman–Crippen MR) is 69.8 cm³/mol. The van der Waals surface area contributed by atoms with Crippen LogP contribution in [-0.2, 0) is 4.79 Å². The summed E-state index contributed by atoms with van der Waals surface area (Å²) in [4.78, 5) is 12.2. The van der Waals surface area contributed by atoms with E-state index in [9.17, 15) is 4.79 Å². The number of hydrogen-bond acceptors (Lipinski definition) is 2. The lowest BCUT2D eigenvalue weighted by atomic mass is 9.82. The number of nitrogens with one attached hydrogen (secondary N) is 2. The van der Waals surface area contributed by atoms with Gasteiger partial charge in [0.05, 0.1) is 0 Å². The first kappa shape index (κ1) is 12.9. The summed E-state index contributed by atoms with van der Waals surface area (Å²) in [6, 6.07) is 0.780. The summed E-state index contributed by atoms with van der Waals surface area (Å²) >= 11 is 0. The largest absolute Gasteiger partial charge is 0.356 e. The second-order valence-electron chi connectivity index (χ2n) is 5.68. The summed E-state index contributed by atoms with van der Waals surface area (Å²) < 4.78 is 0. The first-order chi connectivity index (χ1) is 8.27. The smallest absolute Gasteiger partial charge is 0.226 e. The zero-order valence-corrected chi connectivity index (χ0v) is 11.1. The van der Waals surface area contributed by atoms with E-state index in [1.165, 1.54) is 25.7 Å². The fourth-order valence-corrected chi connectivity index (χ4v) is 2.86. The molecule has 0 spiro atoms. The molecule has 17 heavy (non-hydrogen) atoms. The molecule has 0 bridgehead atoms. The minimum atomic E-state index is -0.0239. The average Bonchev–Trinajstić information content (AvgIpc) is 3.04. The van der Waals surface area contributed by atoms with Crippen LogP contribution in [0, 0.1) is 5.41 Å². The minimum Gasteiger partial charge on any atom is -0.356 e. The second-order valence-corrected chi connectivity index (χ2v) is 5.68. The van der Waals surface area contributed by atoms with E-state index in [4.69, 9.17) is 0 Å². The molecule has 98 valence electrons. The quantitative estimate of drug-likeness (QED) is 0.668. The molecule has 1 amide bonds. The van der Waals surface area contributed by atoms with Crippen LogP contribution in [0.2, 0.25) is 0 Å². The van der Waals surface area contributed by atoms with Gasteiger partial charge in [-0.25, -0.2) is 0 Å². The van der Waals surface area contributed by atoms with Gasteiger partial charge in [-0.3, -0.25) is 4.79 Å². The summed E-state index contributed by atoms with van der Waals surface area (Å²) in [5.41, 5.74) is -0.0239. The molecule has 0 aromatic rings. The predicted octanol–water partition coefficient (Wildman–Crippen LogP) is 2.22. The van der Waals surface area contributed by atoms with Gasteiger partial charge < -0.3 is 10.6 Å². The van der Waals surface area contributed by atoms with E-state index in [0.717, 1.165) is 44.8 Å². The van der Waals surface area contributed by atoms with Crippen molar-refractivity contribution in [2.45, 2.75) is 64.3 Å². The molecular weight excluding hydrogens is 212 g/mol. The van der Waals surface area contributed by atoms with Gasteiger partial charge in [0, 0.05) is 18.0 Å². The summed E-state index contributed by atoms with van der Waals surface area (Å²) in [6.07, 6.45) is 9.37. The Kier molecular flexibility index (Phi) is 4.43. The summed E-state index contributed by atoms with van der Waals surface area (Å²) in [6.45, 7) is 4.03. The number of amides is 1.